The normalized spacial score (nSPS) is 12.1. The minimum absolute atomic E-state index is 0.0336. The van der Waals surface area contributed by atoms with Crippen molar-refractivity contribution >= 4 is 34.5 Å². The zero-order valence-corrected chi connectivity index (χ0v) is 22.0. The van der Waals surface area contributed by atoms with Crippen LogP contribution in [0.25, 0.3) is 10.9 Å². The molecule has 38 heavy (non-hydrogen) atoms. The maximum atomic E-state index is 13.1. The van der Waals surface area contributed by atoms with Crippen LogP contribution < -0.4 is 16.2 Å². The number of H-pyrrole nitrogens is 1. The molecule has 0 aliphatic heterocycles. The van der Waals surface area contributed by atoms with Crippen molar-refractivity contribution in [1.29, 1.82) is 0 Å². The summed E-state index contributed by atoms with van der Waals surface area (Å²) in [5.74, 6) is -0.437. The highest BCUT2D eigenvalue weighted by atomic mass is 16.4. The lowest BCUT2D eigenvalue weighted by molar-refractivity contribution is -0.123. The number of allylic oxidation sites excluding steroid dienone is 1. The third kappa shape index (κ3) is 7.55. The van der Waals surface area contributed by atoms with Crippen molar-refractivity contribution in [2.45, 2.75) is 45.7 Å². The molecule has 4 N–H and O–H groups in total. The maximum absolute atomic E-state index is 13.1. The molecule has 0 saturated carbocycles. The average molecular weight is 523 g/mol. The minimum atomic E-state index is -1.37. The molecule has 0 aliphatic carbocycles. The first-order valence-electron chi connectivity index (χ1n) is 12.4. The Morgan fingerprint density at radius 1 is 1.24 bits per heavy atom. The van der Waals surface area contributed by atoms with Crippen molar-refractivity contribution in [3.8, 4) is 0 Å². The van der Waals surface area contributed by atoms with Gasteiger partial charge in [0.15, 0.2) is 0 Å². The van der Waals surface area contributed by atoms with Crippen LogP contribution in [0.3, 0.4) is 0 Å². The Labute approximate surface area is 220 Å². The van der Waals surface area contributed by atoms with E-state index in [9.17, 15) is 19.2 Å². The molecule has 11 nitrogen and oxygen atoms in total. The molecule has 0 fully saturated rings. The van der Waals surface area contributed by atoms with Gasteiger partial charge in [0.1, 0.15) is 11.7 Å². The number of fused-ring (bicyclic) bond motifs is 1. The van der Waals surface area contributed by atoms with E-state index >= 15 is 0 Å². The molecule has 3 rings (SSSR count). The molecule has 0 saturated heterocycles. The smallest absolute Gasteiger partial charge is 0.405 e. The van der Waals surface area contributed by atoms with E-state index in [1.807, 2.05) is 12.1 Å². The Morgan fingerprint density at radius 3 is 2.68 bits per heavy atom. The molecule has 1 atom stereocenters. The van der Waals surface area contributed by atoms with E-state index in [0.717, 1.165) is 28.7 Å². The van der Waals surface area contributed by atoms with Crippen LogP contribution in [-0.4, -0.2) is 62.6 Å². The SMILES string of the molecule is CC(C)Cc1nccc2cc(Cn3cccc(NC(=O)C(CC/C=C/C(=O)N(C)C)NC(=O)O)c3=O)[nH]c12. The highest BCUT2D eigenvalue weighted by Crippen LogP contribution is 2.20. The Morgan fingerprint density at radius 2 is 2.00 bits per heavy atom. The predicted molar refractivity (Wildman–Crippen MR) is 145 cm³/mol. The van der Waals surface area contributed by atoms with Crippen LogP contribution in [0.5, 0.6) is 0 Å². The highest BCUT2D eigenvalue weighted by Gasteiger charge is 2.21. The van der Waals surface area contributed by atoms with Gasteiger partial charge in [0.05, 0.1) is 17.8 Å². The van der Waals surface area contributed by atoms with E-state index in [1.165, 1.54) is 21.6 Å². The van der Waals surface area contributed by atoms with Gasteiger partial charge in [-0.3, -0.25) is 19.4 Å². The highest BCUT2D eigenvalue weighted by molar-refractivity contribution is 5.96. The van der Waals surface area contributed by atoms with E-state index in [0.29, 0.717) is 5.92 Å². The molecule has 3 aromatic rings. The fraction of sp³-hybridized carbons (Fsp3) is 0.370. The molecule has 0 radical (unpaired) electrons. The number of aromatic nitrogens is 3. The quantitative estimate of drug-likeness (QED) is 0.285. The fourth-order valence-corrected chi connectivity index (χ4v) is 3.97. The molecule has 3 amide bonds. The van der Waals surface area contributed by atoms with Gasteiger partial charge in [-0.25, -0.2) is 4.79 Å². The molecule has 11 heteroatoms. The number of likely N-dealkylation sites (N-methyl/N-ethyl adjacent to an activating group) is 1. The maximum Gasteiger partial charge on any atom is 0.405 e. The van der Waals surface area contributed by atoms with Gasteiger partial charge in [0, 0.05) is 37.6 Å². The number of carbonyl (C=O) groups excluding carboxylic acids is 2. The van der Waals surface area contributed by atoms with Crippen molar-refractivity contribution in [2.75, 3.05) is 19.4 Å². The van der Waals surface area contributed by atoms with Crippen LogP contribution in [0.2, 0.25) is 0 Å². The molecule has 3 heterocycles. The van der Waals surface area contributed by atoms with Crippen LogP contribution in [-0.2, 0) is 22.6 Å². The second-order valence-electron chi connectivity index (χ2n) is 9.67. The minimum Gasteiger partial charge on any atom is -0.465 e. The van der Waals surface area contributed by atoms with E-state index in [-0.39, 0.29) is 31.0 Å². The Balaban J connectivity index is 1.74. The lowest BCUT2D eigenvalue weighted by Gasteiger charge is -2.16. The third-order valence-electron chi connectivity index (χ3n) is 5.83. The van der Waals surface area contributed by atoms with Crippen LogP contribution in [0, 0.1) is 5.92 Å². The Hall–Kier alpha value is -4.41. The van der Waals surface area contributed by atoms with E-state index in [1.54, 1.807) is 38.6 Å². The lowest BCUT2D eigenvalue weighted by atomic mass is 10.1. The van der Waals surface area contributed by atoms with Crippen LogP contribution in [0.4, 0.5) is 10.5 Å². The molecule has 3 aromatic heterocycles. The summed E-state index contributed by atoms with van der Waals surface area (Å²) in [6.45, 7) is 4.51. The number of hydrogen-bond donors (Lipinski definition) is 4. The third-order valence-corrected chi connectivity index (χ3v) is 5.83. The van der Waals surface area contributed by atoms with Crippen molar-refractivity contribution in [2.24, 2.45) is 5.92 Å². The second kappa shape index (κ2) is 12.7. The van der Waals surface area contributed by atoms with Crippen molar-refractivity contribution in [1.82, 2.24) is 24.8 Å². The summed E-state index contributed by atoms with van der Waals surface area (Å²) in [4.78, 5) is 58.1. The van der Waals surface area contributed by atoms with E-state index < -0.39 is 23.6 Å². The van der Waals surface area contributed by atoms with Gasteiger partial charge in [-0.05, 0) is 55.5 Å². The van der Waals surface area contributed by atoms with Gasteiger partial charge >= 0.3 is 6.09 Å². The van der Waals surface area contributed by atoms with E-state index in [2.05, 4.69) is 34.4 Å². The van der Waals surface area contributed by atoms with E-state index in [4.69, 9.17) is 5.11 Å². The summed E-state index contributed by atoms with van der Waals surface area (Å²) in [5.41, 5.74) is 2.33. The molecule has 0 bridgehead atoms. The summed E-state index contributed by atoms with van der Waals surface area (Å²) >= 11 is 0. The number of aromatic amines is 1. The molecule has 0 aromatic carbocycles. The monoisotopic (exact) mass is 522 g/mol. The average Bonchev–Trinajstić information content (AvgIpc) is 3.26. The summed E-state index contributed by atoms with van der Waals surface area (Å²) in [6, 6.07) is 5.89. The molecule has 0 spiro atoms. The number of nitrogens with one attached hydrogen (secondary N) is 3. The molecule has 202 valence electrons. The number of hydrogen-bond acceptors (Lipinski definition) is 5. The molecular formula is C27H34N6O5. The number of pyridine rings is 2. The summed E-state index contributed by atoms with van der Waals surface area (Å²) in [6.07, 6.45) is 6.18. The zero-order chi connectivity index (χ0) is 27.8. The second-order valence-corrected chi connectivity index (χ2v) is 9.67. The van der Waals surface area contributed by atoms with Crippen LogP contribution >= 0.6 is 0 Å². The topological polar surface area (TPSA) is 149 Å². The standard InChI is InChI=1S/C27H34N6O5/c1-17(2)14-22-24-18(11-12-28-22)15-19(29-24)16-33-13-7-9-21(26(33)36)30-25(35)20(31-27(37)38)8-5-6-10-23(34)32(3)4/h6-7,9-13,15,17,20,29,31H,5,8,14,16H2,1-4H3,(H,30,35)(H,37,38)/b10-6+. The number of carboxylic acid groups (broad SMARTS) is 1. The van der Waals surface area contributed by atoms with Gasteiger partial charge in [0.25, 0.3) is 5.56 Å². The number of carbonyl (C=O) groups is 3. The zero-order valence-electron chi connectivity index (χ0n) is 22.0. The summed E-state index contributed by atoms with van der Waals surface area (Å²) in [5, 5.41) is 14.9. The first-order chi connectivity index (χ1) is 18.0. The summed E-state index contributed by atoms with van der Waals surface area (Å²) in [7, 11) is 3.22. The van der Waals surface area contributed by atoms with Crippen molar-refractivity contribution in [3.63, 3.8) is 0 Å². The van der Waals surface area contributed by atoms with Crippen LogP contribution in [0.1, 0.15) is 38.1 Å². The molecule has 1 unspecified atom stereocenters. The van der Waals surface area contributed by atoms with Crippen molar-refractivity contribution < 1.29 is 19.5 Å². The van der Waals surface area contributed by atoms with Gasteiger partial charge in [0.2, 0.25) is 11.8 Å². The lowest BCUT2D eigenvalue weighted by Crippen LogP contribution is -2.44. The molecular weight excluding hydrogens is 488 g/mol. The Bertz CT molecular complexity index is 1390. The van der Waals surface area contributed by atoms with Gasteiger partial charge in [-0.2, -0.15) is 0 Å². The first-order valence-corrected chi connectivity index (χ1v) is 12.4. The summed E-state index contributed by atoms with van der Waals surface area (Å²) < 4.78 is 1.46. The Kier molecular flexibility index (Phi) is 9.42. The number of nitrogens with zero attached hydrogens (tertiary/aromatic N) is 3. The van der Waals surface area contributed by atoms with Crippen LogP contribution in [0.15, 0.2) is 53.6 Å². The largest absolute Gasteiger partial charge is 0.465 e. The van der Waals surface area contributed by atoms with Gasteiger partial charge in [-0.1, -0.05) is 19.9 Å². The molecule has 0 aliphatic rings. The number of amides is 3. The van der Waals surface area contributed by atoms with Gasteiger partial charge in [-0.15, -0.1) is 0 Å². The first kappa shape index (κ1) is 28.2. The van der Waals surface area contributed by atoms with Gasteiger partial charge < -0.3 is 30.2 Å². The number of rotatable bonds is 11. The van der Waals surface area contributed by atoms with Crippen molar-refractivity contribution in [3.05, 3.63) is 70.6 Å². The predicted octanol–water partition coefficient (Wildman–Crippen LogP) is 2.97. The fourth-order valence-electron chi connectivity index (χ4n) is 3.97. The number of anilines is 1.